The standard InChI is InChI=1S/C23H23N7O2/c1-29(2)12-17-18(31)4-5-19(28-17)27-16-11-25-21(15-10-26-23(32)20(15)16)13-6-8-24-22-14(13)7-9-30(22)3/h4-9,11,31H,10,12H2,1-3H3,(H,26,32)(H,27,28). The molecule has 4 aromatic heterocycles. The molecule has 0 saturated heterocycles. The van der Waals surface area contributed by atoms with E-state index in [2.05, 4.69) is 20.6 Å². The molecule has 0 saturated carbocycles. The van der Waals surface area contributed by atoms with Crippen molar-refractivity contribution in [3.63, 3.8) is 0 Å². The normalized spacial score (nSPS) is 12.9. The number of hydrogen-bond acceptors (Lipinski definition) is 7. The van der Waals surface area contributed by atoms with Crippen molar-refractivity contribution >= 4 is 28.4 Å². The number of carbonyl (C=O) groups excluding carboxylic acids is 1. The summed E-state index contributed by atoms with van der Waals surface area (Å²) in [6.45, 7) is 0.893. The van der Waals surface area contributed by atoms with Crippen LogP contribution in [0.4, 0.5) is 11.5 Å². The number of amides is 1. The molecule has 0 fully saturated rings. The van der Waals surface area contributed by atoms with Crippen LogP contribution in [0.3, 0.4) is 0 Å². The van der Waals surface area contributed by atoms with E-state index in [4.69, 9.17) is 4.98 Å². The Morgan fingerprint density at radius 3 is 2.88 bits per heavy atom. The van der Waals surface area contributed by atoms with Gasteiger partial charge < -0.3 is 25.2 Å². The maximum Gasteiger partial charge on any atom is 0.254 e. The van der Waals surface area contributed by atoms with Crippen LogP contribution in [-0.4, -0.2) is 49.5 Å². The molecule has 4 aromatic rings. The van der Waals surface area contributed by atoms with Crippen molar-refractivity contribution < 1.29 is 9.90 Å². The van der Waals surface area contributed by atoms with Gasteiger partial charge in [-0.3, -0.25) is 9.78 Å². The molecular weight excluding hydrogens is 406 g/mol. The molecule has 9 nitrogen and oxygen atoms in total. The number of carbonyl (C=O) groups is 1. The minimum atomic E-state index is -0.156. The Balaban J connectivity index is 1.58. The van der Waals surface area contributed by atoms with Crippen molar-refractivity contribution in [1.82, 2.24) is 29.7 Å². The van der Waals surface area contributed by atoms with E-state index in [1.165, 1.54) is 0 Å². The second-order valence-corrected chi connectivity index (χ2v) is 8.10. The minimum Gasteiger partial charge on any atom is -0.506 e. The number of anilines is 2. The summed E-state index contributed by atoms with van der Waals surface area (Å²) in [5, 5.41) is 17.2. The van der Waals surface area contributed by atoms with E-state index in [-0.39, 0.29) is 11.7 Å². The predicted molar refractivity (Wildman–Crippen MR) is 122 cm³/mol. The molecule has 1 aliphatic heterocycles. The van der Waals surface area contributed by atoms with E-state index >= 15 is 0 Å². The molecule has 1 aliphatic rings. The van der Waals surface area contributed by atoms with E-state index < -0.39 is 0 Å². The summed E-state index contributed by atoms with van der Waals surface area (Å²) in [7, 11) is 5.76. The van der Waals surface area contributed by atoms with Crippen LogP contribution in [0, 0.1) is 0 Å². The Hall–Kier alpha value is -3.98. The van der Waals surface area contributed by atoms with Crippen molar-refractivity contribution in [1.29, 1.82) is 0 Å². The molecule has 0 radical (unpaired) electrons. The zero-order chi connectivity index (χ0) is 22.4. The smallest absolute Gasteiger partial charge is 0.254 e. The third kappa shape index (κ3) is 3.32. The lowest BCUT2D eigenvalue weighted by Gasteiger charge is -2.15. The van der Waals surface area contributed by atoms with Gasteiger partial charge in [0.15, 0.2) is 0 Å². The van der Waals surface area contributed by atoms with Crippen LogP contribution in [-0.2, 0) is 20.1 Å². The lowest BCUT2D eigenvalue weighted by atomic mass is 10.0. The van der Waals surface area contributed by atoms with Crippen LogP contribution in [0.15, 0.2) is 42.9 Å². The van der Waals surface area contributed by atoms with Gasteiger partial charge in [-0.05, 0) is 38.4 Å². The van der Waals surface area contributed by atoms with Gasteiger partial charge in [0.25, 0.3) is 5.91 Å². The van der Waals surface area contributed by atoms with E-state index in [0.717, 1.165) is 27.9 Å². The number of aryl methyl sites for hydroxylation is 1. The van der Waals surface area contributed by atoms with Gasteiger partial charge in [0.1, 0.15) is 17.2 Å². The van der Waals surface area contributed by atoms with Crippen LogP contribution < -0.4 is 10.6 Å². The molecule has 0 aromatic carbocycles. The highest BCUT2D eigenvalue weighted by molar-refractivity contribution is 6.06. The highest BCUT2D eigenvalue weighted by atomic mass is 16.3. The first-order valence-corrected chi connectivity index (χ1v) is 10.2. The van der Waals surface area contributed by atoms with E-state index in [9.17, 15) is 9.90 Å². The second kappa shape index (κ2) is 7.61. The first-order chi connectivity index (χ1) is 15.4. The number of aromatic nitrogens is 4. The number of hydrogen-bond donors (Lipinski definition) is 3. The van der Waals surface area contributed by atoms with Crippen molar-refractivity contribution in [2.75, 3.05) is 19.4 Å². The van der Waals surface area contributed by atoms with Crippen LogP contribution in [0.25, 0.3) is 22.3 Å². The maximum absolute atomic E-state index is 12.7. The fourth-order valence-electron chi connectivity index (χ4n) is 4.06. The Morgan fingerprint density at radius 1 is 1.22 bits per heavy atom. The lowest BCUT2D eigenvalue weighted by Crippen LogP contribution is -2.14. The molecule has 0 aliphatic carbocycles. The first kappa shape index (κ1) is 20.0. The van der Waals surface area contributed by atoms with Gasteiger partial charge in [-0.25, -0.2) is 9.97 Å². The van der Waals surface area contributed by atoms with Gasteiger partial charge in [0.05, 0.1) is 28.8 Å². The molecule has 162 valence electrons. The van der Waals surface area contributed by atoms with Gasteiger partial charge in [-0.2, -0.15) is 0 Å². The molecule has 0 spiro atoms. The number of nitrogens with zero attached hydrogens (tertiary/aromatic N) is 5. The SMILES string of the molecule is CN(C)Cc1nc(Nc2cnc(-c3ccnc4c3ccn4C)c3c2C(=O)NC3)ccc1O. The topological polar surface area (TPSA) is 108 Å². The summed E-state index contributed by atoms with van der Waals surface area (Å²) in [6, 6.07) is 7.21. The number of rotatable bonds is 5. The Kier molecular flexibility index (Phi) is 4.75. The summed E-state index contributed by atoms with van der Waals surface area (Å²) >= 11 is 0. The van der Waals surface area contributed by atoms with Crippen LogP contribution in [0.2, 0.25) is 0 Å². The summed E-state index contributed by atoms with van der Waals surface area (Å²) < 4.78 is 1.96. The fraction of sp³-hybridized carbons (Fsp3) is 0.217. The average molecular weight is 429 g/mol. The molecule has 5 rings (SSSR count). The minimum absolute atomic E-state index is 0.130. The van der Waals surface area contributed by atoms with Gasteiger partial charge in [0.2, 0.25) is 0 Å². The van der Waals surface area contributed by atoms with Crippen molar-refractivity contribution in [2.45, 2.75) is 13.1 Å². The third-order valence-electron chi connectivity index (χ3n) is 5.53. The van der Waals surface area contributed by atoms with Gasteiger partial charge in [-0.15, -0.1) is 0 Å². The van der Waals surface area contributed by atoms with Gasteiger partial charge in [0, 0.05) is 49.0 Å². The fourth-order valence-corrected chi connectivity index (χ4v) is 4.06. The summed E-state index contributed by atoms with van der Waals surface area (Å²) in [6.07, 6.45) is 5.38. The lowest BCUT2D eigenvalue weighted by molar-refractivity contribution is 0.0966. The molecule has 0 bridgehead atoms. The predicted octanol–water partition coefficient (Wildman–Crippen LogP) is 2.78. The van der Waals surface area contributed by atoms with E-state index in [1.807, 2.05) is 48.9 Å². The quantitative estimate of drug-likeness (QED) is 0.448. The summed E-state index contributed by atoms with van der Waals surface area (Å²) in [5.74, 6) is 0.507. The van der Waals surface area contributed by atoms with Gasteiger partial charge >= 0.3 is 0 Å². The molecule has 3 N–H and O–H groups in total. The molecule has 0 atom stereocenters. The highest BCUT2D eigenvalue weighted by Crippen LogP contribution is 2.36. The van der Waals surface area contributed by atoms with Crippen LogP contribution in [0.5, 0.6) is 5.75 Å². The van der Waals surface area contributed by atoms with Crippen molar-refractivity contribution in [3.05, 3.63) is 59.7 Å². The number of nitrogens with one attached hydrogen (secondary N) is 2. The molecule has 5 heterocycles. The number of fused-ring (bicyclic) bond motifs is 2. The monoisotopic (exact) mass is 429 g/mol. The molecule has 0 unspecified atom stereocenters. The van der Waals surface area contributed by atoms with Crippen molar-refractivity contribution in [3.8, 4) is 17.0 Å². The van der Waals surface area contributed by atoms with Gasteiger partial charge in [-0.1, -0.05) is 0 Å². The molecule has 1 amide bonds. The molecule has 9 heteroatoms. The average Bonchev–Trinajstić information content (AvgIpc) is 3.34. The Bertz CT molecular complexity index is 1360. The zero-order valence-electron chi connectivity index (χ0n) is 18.0. The molecule has 32 heavy (non-hydrogen) atoms. The van der Waals surface area contributed by atoms with Crippen LogP contribution >= 0.6 is 0 Å². The largest absolute Gasteiger partial charge is 0.506 e. The third-order valence-corrected chi connectivity index (χ3v) is 5.53. The molecular formula is C23H23N7O2. The maximum atomic E-state index is 12.7. The number of aromatic hydroxyl groups is 1. The Morgan fingerprint density at radius 2 is 2.06 bits per heavy atom. The number of pyridine rings is 3. The van der Waals surface area contributed by atoms with E-state index in [0.29, 0.717) is 35.9 Å². The zero-order valence-corrected chi connectivity index (χ0v) is 18.0. The van der Waals surface area contributed by atoms with E-state index in [1.54, 1.807) is 24.5 Å². The summed E-state index contributed by atoms with van der Waals surface area (Å²) in [5.41, 5.74) is 5.07. The first-order valence-electron chi connectivity index (χ1n) is 10.2. The second-order valence-electron chi connectivity index (χ2n) is 8.10. The van der Waals surface area contributed by atoms with Crippen molar-refractivity contribution in [2.24, 2.45) is 7.05 Å². The Labute approximate surface area is 184 Å². The van der Waals surface area contributed by atoms with Crippen LogP contribution in [0.1, 0.15) is 21.6 Å². The highest BCUT2D eigenvalue weighted by Gasteiger charge is 2.28. The summed E-state index contributed by atoms with van der Waals surface area (Å²) in [4.78, 5) is 28.3.